The van der Waals surface area contributed by atoms with Gasteiger partial charge >= 0.3 is 12.1 Å². The monoisotopic (exact) mass is 323 g/mol. The third-order valence-corrected chi connectivity index (χ3v) is 2.78. The van der Waals surface area contributed by atoms with Gasteiger partial charge in [0, 0.05) is 0 Å². The van der Waals surface area contributed by atoms with Crippen molar-refractivity contribution in [2.75, 3.05) is 0 Å². The molecule has 1 aromatic rings. The van der Waals surface area contributed by atoms with Gasteiger partial charge in [-0.25, -0.2) is 4.79 Å². The van der Waals surface area contributed by atoms with Crippen LogP contribution in [0.15, 0.2) is 24.3 Å². The first-order chi connectivity index (χ1) is 10.6. The maximum atomic E-state index is 12.0. The molecule has 1 aromatic carbocycles. The van der Waals surface area contributed by atoms with E-state index in [0.29, 0.717) is 5.56 Å². The van der Waals surface area contributed by atoms with E-state index in [1.165, 1.54) is 12.1 Å². The number of carbonyl (C=O) groups is 3. The van der Waals surface area contributed by atoms with Crippen molar-refractivity contribution in [3.05, 3.63) is 29.8 Å². The Balaban J connectivity index is 2.84. The summed E-state index contributed by atoms with van der Waals surface area (Å²) in [4.78, 5) is 34.6. The van der Waals surface area contributed by atoms with Gasteiger partial charge in [0.1, 0.15) is 17.8 Å². The van der Waals surface area contributed by atoms with E-state index in [1.807, 2.05) is 0 Å². The first kappa shape index (κ1) is 18.5. The van der Waals surface area contributed by atoms with Gasteiger partial charge in [-0.3, -0.25) is 9.59 Å². The molecule has 0 heterocycles. The van der Waals surface area contributed by atoms with E-state index in [9.17, 15) is 19.5 Å². The zero-order valence-corrected chi connectivity index (χ0v) is 13.3. The van der Waals surface area contributed by atoms with E-state index in [1.54, 1.807) is 32.9 Å². The van der Waals surface area contributed by atoms with Gasteiger partial charge in [-0.2, -0.15) is 0 Å². The van der Waals surface area contributed by atoms with E-state index in [4.69, 9.17) is 9.84 Å². The van der Waals surface area contributed by atoms with Crippen LogP contribution in [0, 0.1) is 0 Å². The number of aliphatic carboxylic acids is 1. The molecule has 0 saturated carbocycles. The van der Waals surface area contributed by atoms with Crippen LogP contribution in [-0.4, -0.2) is 39.7 Å². The van der Waals surface area contributed by atoms with Crippen LogP contribution in [0.3, 0.4) is 0 Å². The predicted molar refractivity (Wildman–Crippen MR) is 82.2 cm³/mol. The number of nitrogens with one attached hydrogen (secondary N) is 1. The Kier molecular flexibility index (Phi) is 6.12. The predicted octanol–water partition coefficient (Wildman–Crippen LogP) is 1.87. The third kappa shape index (κ3) is 7.30. The number of Topliss-reactive ketones (excluding diaryl/α,β-unsaturated/α-hetero) is 1. The topological polar surface area (TPSA) is 113 Å². The Hall–Kier alpha value is -2.57. The second-order valence-corrected chi connectivity index (χ2v) is 6.11. The van der Waals surface area contributed by atoms with Crippen LogP contribution in [0.4, 0.5) is 4.79 Å². The molecular formula is C16H21NO6. The van der Waals surface area contributed by atoms with Crippen LogP contribution in [0.2, 0.25) is 0 Å². The molecule has 1 rings (SSSR count). The second kappa shape index (κ2) is 7.62. The maximum Gasteiger partial charge on any atom is 0.408 e. The highest BCUT2D eigenvalue weighted by Crippen LogP contribution is 2.13. The number of aromatic hydroxyl groups is 1. The first-order valence-corrected chi connectivity index (χ1v) is 7.09. The molecule has 23 heavy (non-hydrogen) atoms. The molecule has 1 atom stereocenters. The quantitative estimate of drug-likeness (QED) is 0.689. The molecule has 0 spiro atoms. The summed E-state index contributed by atoms with van der Waals surface area (Å²) < 4.78 is 5.09. The van der Waals surface area contributed by atoms with Gasteiger partial charge in [-0.05, 0) is 44.9 Å². The minimum atomic E-state index is -1.27. The maximum absolute atomic E-state index is 12.0. The zero-order valence-electron chi connectivity index (χ0n) is 13.3. The van der Waals surface area contributed by atoms with Crippen molar-refractivity contribution in [2.24, 2.45) is 0 Å². The summed E-state index contributed by atoms with van der Waals surface area (Å²) in [5, 5.41) is 20.4. The number of carboxylic acid groups (broad SMARTS) is 1. The molecule has 0 unspecified atom stereocenters. The molecule has 0 fully saturated rings. The fourth-order valence-corrected chi connectivity index (χ4v) is 1.84. The van der Waals surface area contributed by atoms with Crippen LogP contribution in [0.1, 0.15) is 32.8 Å². The summed E-state index contributed by atoms with van der Waals surface area (Å²) in [5.74, 6) is -1.82. The van der Waals surface area contributed by atoms with E-state index in [-0.39, 0.29) is 12.2 Å². The third-order valence-electron chi connectivity index (χ3n) is 2.78. The summed E-state index contributed by atoms with van der Waals surface area (Å²) in [7, 11) is 0. The number of benzene rings is 1. The molecule has 0 radical (unpaired) electrons. The first-order valence-electron chi connectivity index (χ1n) is 7.09. The minimum Gasteiger partial charge on any atom is -0.508 e. The number of ketones is 1. The number of carbonyl (C=O) groups excluding carboxylic acids is 2. The molecular weight excluding hydrogens is 302 g/mol. The fraction of sp³-hybridized carbons (Fsp3) is 0.438. The van der Waals surface area contributed by atoms with Crippen LogP contribution in [0.25, 0.3) is 0 Å². The smallest absolute Gasteiger partial charge is 0.408 e. The highest BCUT2D eigenvalue weighted by molar-refractivity contribution is 5.99. The Morgan fingerprint density at radius 1 is 1.17 bits per heavy atom. The van der Waals surface area contributed by atoms with Gasteiger partial charge in [-0.15, -0.1) is 0 Å². The van der Waals surface area contributed by atoms with E-state index in [2.05, 4.69) is 5.32 Å². The molecule has 0 aliphatic rings. The Labute approximate surface area is 134 Å². The van der Waals surface area contributed by atoms with E-state index >= 15 is 0 Å². The number of carboxylic acids is 1. The highest BCUT2D eigenvalue weighted by Gasteiger charge is 2.25. The van der Waals surface area contributed by atoms with Gasteiger partial charge in [0.15, 0.2) is 5.78 Å². The molecule has 0 aliphatic carbocycles. The van der Waals surface area contributed by atoms with Crippen LogP contribution in [0.5, 0.6) is 5.75 Å². The lowest BCUT2D eigenvalue weighted by Gasteiger charge is -2.23. The van der Waals surface area contributed by atoms with Crippen molar-refractivity contribution >= 4 is 17.8 Å². The minimum absolute atomic E-state index is 0.0715. The Morgan fingerprint density at radius 2 is 1.74 bits per heavy atom. The SMILES string of the molecule is CC(C)(C)OC(=O)N[C@@H](Cc1ccc(O)cc1)C(=O)CC(=O)O. The standard InChI is InChI=1S/C16H21NO6/c1-16(2,3)23-15(22)17-12(13(19)9-14(20)21)8-10-4-6-11(18)7-5-10/h4-7,12,18H,8-9H2,1-3H3,(H,17,22)(H,20,21)/t12-/m0/s1. The average Bonchev–Trinajstić information content (AvgIpc) is 2.37. The fourth-order valence-electron chi connectivity index (χ4n) is 1.84. The van der Waals surface area contributed by atoms with Gasteiger partial charge in [0.05, 0.1) is 6.04 Å². The number of ether oxygens (including phenoxy) is 1. The van der Waals surface area contributed by atoms with Crippen LogP contribution >= 0.6 is 0 Å². The largest absolute Gasteiger partial charge is 0.508 e. The van der Waals surface area contributed by atoms with Crippen molar-refractivity contribution in [1.29, 1.82) is 0 Å². The summed E-state index contributed by atoms with van der Waals surface area (Å²) in [6.45, 7) is 5.04. The second-order valence-electron chi connectivity index (χ2n) is 6.11. The van der Waals surface area contributed by atoms with Gasteiger partial charge in [0.25, 0.3) is 0 Å². The van der Waals surface area contributed by atoms with E-state index in [0.717, 1.165) is 0 Å². The average molecular weight is 323 g/mol. The summed E-state index contributed by atoms with van der Waals surface area (Å²) in [6.07, 6.45) is -1.38. The molecule has 126 valence electrons. The number of rotatable bonds is 6. The zero-order chi connectivity index (χ0) is 17.6. The van der Waals surface area contributed by atoms with Crippen molar-refractivity contribution in [3.8, 4) is 5.75 Å². The summed E-state index contributed by atoms with van der Waals surface area (Å²) in [5.41, 5.74) is -0.0640. The molecule has 7 heteroatoms. The lowest BCUT2D eigenvalue weighted by molar-refractivity contribution is -0.140. The molecule has 0 bridgehead atoms. The van der Waals surface area contributed by atoms with Gasteiger partial charge in [-0.1, -0.05) is 12.1 Å². The number of amides is 1. The Morgan fingerprint density at radius 3 is 2.22 bits per heavy atom. The molecule has 0 saturated heterocycles. The normalized spacial score (nSPS) is 12.3. The molecule has 3 N–H and O–H groups in total. The van der Waals surface area contributed by atoms with Gasteiger partial charge in [0.2, 0.25) is 0 Å². The summed E-state index contributed by atoms with van der Waals surface area (Å²) >= 11 is 0. The molecule has 1 amide bonds. The van der Waals surface area contributed by atoms with Crippen molar-refractivity contribution < 1.29 is 29.3 Å². The van der Waals surface area contributed by atoms with Crippen LogP contribution in [-0.2, 0) is 20.7 Å². The molecule has 0 aromatic heterocycles. The molecule has 0 aliphatic heterocycles. The van der Waals surface area contributed by atoms with Crippen LogP contribution < -0.4 is 5.32 Å². The number of hydrogen-bond donors (Lipinski definition) is 3. The summed E-state index contributed by atoms with van der Waals surface area (Å²) in [6, 6.07) is 5.05. The lowest BCUT2D eigenvalue weighted by atomic mass is 10.0. The van der Waals surface area contributed by atoms with E-state index < -0.39 is 35.9 Å². The number of hydrogen-bond acceptors (Lipinski definition) is 5. The highest BCUT2D eigenvalue weighted by atomic mass is 16.6. The number of phenols is 1. The van der Waals surface area contributed by atoms with Crippen molar-refractivity contribution in [1.82, 2.24) is 5.32 Å². The van der Waals surface area contributed by atoms with Crippen molar-refractivity contribution in [2.45, 2.75) is 45.3 Å². The lowest BCUT2D eigenvalue weighted by Crippen LogP contribution is -2.45. The number of phenolic OH excluding ortho intramolecular Hbond substituents is 1. The van der Waals surface area contributed by atoms with Crippen molar-refractivity contribution in [3.63, 3.8) is 0 Å². The Bertz CT molecular complexity index is 573. The van der Waals surface area contributed by atoms with Gasteiger partial charge < -0.3 is 20.3 Å². The number of alkyl carbamates (subject to hydrolysis) is 1. The molecule has 7 nitrogen and oxygen atoms in total.